The molecule has 1 atom stereocenters. The number of anilines is 1. The second kappa shape index (κ2) is 9.24. The maximum Gasteiger partial charge on any atom is 0.307 e. The van der Waals surface area contributed by atoms with Gasteiger partial charge in [0.25, 0.3) is 11.8 Å². The van der Waals surface area contributed by atoms with Crippen LogP contribution in [0.2, 0.25) is 0 Å². The summed E-state index contributed by atoms with van der Waals surface area (Å²) in [4.78, 5) is 36.2. The van der Waals surface area contributed by atoms with Gasteiger partial charge in [0.2, 0.25) is 0 Å². The lowest BCUT2D eigenvalue weighted by Gasteiger charge is -2.13. The molecule has 0 fully saturated rings. The van der Waals surface area contributed by atoms with Gasteiger partial charge in [0.1, 0.15) is 5.00 Å². The zero-order chi connectivity index (χ0) is 18.2. The number of amides is 2. The van der Waals surface area contributed by atoms with Crippen molar-refractivity contribution in [1.82, 2.24) is 0 Å². The van der Waals surface area contributed by atoms with Gasteiger partial charge in [-0.15, -0.1) is 23.1 Å². The molecule has 1 aromatic heterocycles. The number of esters is 1. The first-order valence-corrected chi connectivity index (χ1v) is 9.39. The summed E-state index contributed by atoms with van der Waals surface area (Å²) in [6, 6.07) is 11.2. The lowest BCUT2D eigenvalue weighted by atomic mass is 10.3. The van der Waals surface area contributed by atoms with Crippen molar-refractivity contribution in [2.24, 2.45) is 5.73 Å². The van der Waals surface area contributed by atoms with Crippen molar-refractivity contribution in [3.8, 4) is 0 Å². The average molecular weight is 378 g/mol. The average Bonchev–Trinajstić information content (AvgIpc) is 3.04. The summed E-state index contributed by atoms with van der Waals surface area (Å²) >= 11 is 2.72. The quantitative estimate of drug-likeness (QED) is 0.544. The number of hydrogen-bond acceptors (Lipinski definition) is 6. The topological polar surface area (TPSA) is 98.5 Å². The molecule has 0 aliphatic heterocycles. The Hall–Kier alpha value is -2.32. The Morgan fingerprint density at radius 2 is 1.96 bits per heavy atom. The highest BCUT2D eigenvalue weighted by molar-refractivity contribution is 7.99. The number of nitrogens with two attached hydrogens (primary N) is 1. The number of primary amides is 1. The van der Waals surface area contributed by atoms with Crippen LogP contribution in [0.3, 0.4) is 0 Å². The third-order valence-corrected chi connectivity index (χ3v) is 5.01. The van der Waals surface area contributed by atoms with E-state index in [0.717, 1.165) is 4.90 Å². The van der Waals surface area contributed by atoms with E-state index >= 15 is 0 Å². The van der Waals surface area contributed by atoms with E-state index in [-0.39, 0.29) is 12.0 Å². The Morgan fingerprint density at radius 1 is 1.24 bits per heavy atom. The molecule has 1 unspecified atom stereocenters. The molecule has 1 aromatic carbocycles. The maximum absolute atomic E-state index is 12.1. The summed E-state index contributed by atoms with van der Waals surface area (Å²) in [7, 11) is 0. The van der Waals surface area contributed by atoms with Crippen molar-refractivity contribution >= 4 is 45.9 Å². The number of carbonyl (C=O) groups excluding carboxylic acids is 3. The number of nitrogens with one attached hydrogen (secondary N) is 1. The van der Waals surface area contributed by atoms with E-state index in [1.165, 1.54) is 24.3 Å². The molecule has 3 N–H and O–H groups in total. The van der Waals surface area contributed by atoms with Crippen LogP contribution in [0.25, 0.3) is 0 Å². The molecule has 1 heterocycles. The van der Waals surface area contributed by atoms with Gasteiger partial charge in [-0.3, -0.25) is 14.4 Å². The van der Waals surface area contributed by atoms with Gasteiger partial charge in [-0.2, -0.15) is 0 Å². The first-order chi connectivity index (χ1) is 12.0. The zero-order valence-electron chi connectivity index (χ0n) is 13.6. The van der Waals surface area contributed by atoms with Crippen LogP contribution in [0.15, 0.2) is 46.7 Å². The number of ether oxygens (including phenoxy) is 1. The molecule has 0 radical (unpaired) electrons. The lowest BCUT2D eigenvalue weighted by molar-refractivity contribution is -0.152. The molecule has 0 aliphatic rings. The largest absolute Gasteiger partial charge is 0.453 e. The molecule has 2 aromatic rings. The molecular formula is C17H18N2O4S2. The predicted octanol–water partition coefficient (Wildman–Crippen LogP) is 2.90. The highest BCUT2D eigenvalue weighted by Crippen LogP contribution is 2.23. The summed E-state index contributed by atoms with van der Waals surface area (Å²) in [6.45, 7) is 1.48. The Bertz CT molecular complexity index is 746. The Kier molecular flexibility index (Phi) is 7.03. The van der Waals surface area contributed by atoms with E-state index in [1.54, 1.807) is 17.1 Å². The fraction of sp³-hybridized carbons (Fsp3) is 0.235. The summed E-state index contributed by atoms with van der Waals surface area (Å²) in [5.74, 6) is -1.02. The van der Waals surface area contributed by atoms with Crippen LogP contribution >= 0.6 is 23.1 Å². The molecule has 0 saturated carbocycles. The van der Waals surface area contributed by atoms with E-state index in [9.17, 15) is 14.4 Å². The number of hydrogen-bond donors (Lipinski definition) is 2. The highest BCUT2D eigenvalue weighted by atomic mass is 32.2. The Balaban J connectivity index is 1.77. The molecule has 0 aliphatic carbocycles. The second-order valence-corrected chi connectivity index (χ2v) is 7.14. The van der Waals surface area contributed by atoms with Crippen LogP contribution in [0.4, 0.5) is 5.00 Å². The minimum absolute atomic E-state index is 0.197. The van der Waals surface area contributed by atoms with Crippen molar-refractivity contribution < 1.29 is 19.1 Å². The van der Waals surface area contributed by atoms with Crippen molar-refractivity contribution in [3.05, 3.63) is 47.3 Å². The predicted molar refractivity (Wildman–Crippen MR) is 98.8 cm³/mol. The SMILES string of the molecule is CC(OC(=O)CCSc1ccccc1)C(=O)Nc1sccc1C(N)=O. The van der Waals surface area contributed by atoms with Crippen LogP contribution in [0.1, 0.15) is 23.7 Å². The molecule has 0 spiro atoms. The fourth-order valence-electron chi connectivity index (χ4n) is 1.89. The Labute approximate surface area is 153 Å². The van der Waals surface area contributed by atoms with Crippen molar-refractivity contribution in [2.45, 2.75) is 24.3 Å². The van der Waals surface area contributed by atoms with E-state index in [4.69, 9.17) is 10.5 Å². The summed E-state index contributed by atoms with van der Waals surface area (Å²) in [6.07, 6.45) is -0.764. The normalized spacial score (nSPS) is 11.6. The number of rotatable bonds is 8. The lowest BCUT2D eigenvalue weighted by Crippen LogP contribution is -2.30. The molecule has 0 bridgehead atoms. The van der Waals surface area contributed by atoms with E-state index < -0.39 is 23.9 Å². The van der Waals surface area contributed by atoms with Crippen LogP contribution < -0.4 is 11.1 Å². The molecule has 8 heteroatoms. The molecule has 2 rings (SSSR count). The molecule has 25 heavy (non-hydrogen) atoms. The highest BCUT2D eigenvalue weighted by Gasteiger charge is 2.20. The number of thioether (sulfide) groups is 1. The van der Waals surface area contributed by atoms with Gasteiger partial charge >= 0.3 is 5.97 Å². The summed E-state index contributed by atoms with van der Waals surface area (Å²) in [5, 5.41) is 4.55. The zero-order valence-corrected chi connectivity index (χ0v) is 15.2. The van der Waals surface area contributed by atoms with Gasteiger partial charge in [-0.25, -0.2) is 0 Å². The Morgan fingerprint density at radius 3 is 2.64 bits per heavy atom. The fourth-order valence-corrected chi connectivity index (χ4v) is 3.54. The van der Waals surface area contributed by atoms with Crippen molar-refractivity contribution in [1.29, 1.82) is 0 Å². The number of carbonyl (C=O) groups is 3. The van der Waals surface area contributed by atoms with Crippen LogP contribution in [-0.4, -0.2) is 29.6 Å². The molecule has 132 valence electrons. The molecule has 6 nitrogen and oxygen atoms in total. The van der Waals surface area contributed by atoms with Crippen molar-refractivity contribution in [2.75, 3.05) is 11.1 Å². The van der Waals surface area contributed by atoms with Crippen molar-refractivity contribution in [3.63, 3.8) is 0 Å². The van der Waals surface area contributed by atoms with Crippen LogP contribution in [-0.2, 0) is 14.3 Å². The molecular weight excluding hydrogens is 360 g/mol. The maximum atomic E-state index is 12.1. The second-order valence-electron chi connectivity index (χ2n) is 5.06. The minimum atomic E-state index is -0.961. The molecule has 0 saturated heterocycles. The van der Waals surface area contributed by atoms with E-state index in [0.29, 0.717) is 10.8 Å². The monoisotopic (exact) mass is 378 g/mol. The van der Waals surface area contributed by atoms with Gasteiger partial charge in [0, 0.05) is 10.6 Å². The number of benzene rings is 1. The molecule has 2 amide bonds. The van der Waals surface area contributed by atoms with Gasteiger partial charge in [0.15, 0.2) is 6.10 Å². The first-order valence-electron chi connectivity index (χ1n) is 7.53. The number of thiophene rings is 1. The van der Waals surface area contributed by atoms with E-state index in [1.807, 2.05) is 30.3 Å². The van der Waals surface area contributed by atoms with Gasteiger partial charge in [0.05, 0.1) is 12.0 Å². The van der Waals surface area contributed by atoms with E-state index in [2.05, 4.69) is 5.32 Å². The summed E-state index contributed by atoms with van der Waals surface area (Å²) < 4.78 is 5.12. The third-order valence-electron chi connectivity index (χ3n) is 3.16. The summed E-state index contributed by atoms with van der Waals surface area (Å²) in [5.41, 5.74) is 5.46. The minimum Gasteiger partial charge on any atom is -0.453 e. The smallest absolute Gasteiger partial charge is 0.307 e. The van der Waals surface area contributed by atoms with Gasteiger partial charge < -0.3 is 15.8 Å². The van der Waals surface area contributed by atoms with Crippen LogP contribution in [0, 0.1) is 0 Å². The standard InChI is InChI=1S/C17H18N2O4S2/c1-11(16(22)19-17-13(15(18)21)7-9-25-17)23-14(20)8-10-24-12-5-3-2-4-6-12/h2-7,9,11H,8,10H2,1H3,(H2,18,21)(H,19,22). The van der Waals surface area contributed by atoms with Gasteiger partial charge in [-0.05, 0) is 30.5 Å². The first kappa shape index (κ1) is 19.0. The van der Waals surface area contributed by atoms with Crippen LogP contribution in [0.5, 0.6) is 0 Å². The van der Waals surface area contributed by atoms with Gasteiger partial charge in [-0.1, -0.05) is 18.2 Å². The third kappa shape index (κ3) is 5.91.